The van der Waals surface area contributed by atoms with Crippen molar-refractivity contribution in [2.45, 2.75) is 123 Å². The van der Waals surface area contributed by atoms with Crippen LogP contribution in [0.15, 0.2) is 0 Å². The molecule has 0 spiro atoms. The van der Waals surface area contributed by atoms with E-state index in [9.17, 15) is 14.7 Å². The van der Waals surface area contributed by atoms with Crippen molar-refractivity contribution in [3.8, 4) is 0 Å². The fourth-order valence-corrected chi connectivity index (χ4v) is 5.59. The molecule has 0 saturated carbocycles. The van der Waals surface area contributed by atoms with E-state index < -0.39 is 37.8 Å². The molecule has 198 valence electrons. The minimum absolute atomic E-state index is 0.0415. The summed E-state index contributed by atoms with van der Waals surface area (Å²) in [6, 6.07) is -0.423. The lowest BCUT2D eigenvalue weighted by Crippen LogP contribution is -2.48. The van der Waals surface area contributed by atoms with Crippen LogP contribution in [0.1, 0.15) is 75.2 Å². The molecule has 2 heterocycles. The molecule has 2 amide bonds. The molecule has 2 aliphatic rings. The summed E-state index contributed by atoms with van der Waals surface area (Å²) in [6.45, 7) is 23.3. The van der Waals surface area contributed by atoms with Crippen molar-refractivity contribution in [3.63, 3.8) is 0 Å². The van der Waals surface area contributed by atoms with Gasteiger partial charge in [-0.05, 0) is 72.5 Å². The molecular formula is C25H48N2O6Si. The highest BCUT2D eigenvalue weighted by molar-refractivity contribution is 6.74. The molecule has 4 unspecified atom stereocenters. The zero-order valence-electron chi connectivity index (χ0n) is 23.2. The number of aliphatic hydroxyl groups is 1. The van der Waals surface area contributed by atoms with Crippen LogP contribution in [-0.2, 0) is 13.9 Å². The fourth-order valence-electron chi connectivity index (χ4n) is 4.23. The quantitative estimate of drug-likeness (QED) is 0.546. The monoisotopic (exact) mass is 500 g/mol. The van der Waals surface area contributed by atoms with Gasteiger partial charge < -0.3 is 23.9 Å². The van der Waals surface area contributed by atoms with Gasteiger partial charge in [-0.25, -0.2) is 9.59 Å². The molecule has 34 heavy (non-hydrogen) atoms. The average Bonchev–Trinajstić information content (AvgIpc) is 3.24. The molecule has 0 radical (unpaired) electrons. The highest BCUT2D eigenvalue weighted by Crippen LogP contribution is 2.40. The molecular weight excluding hydrogens is 452 g/mol. The SMILES string of the molecule is CC(C)(C)OC(=O)N1CCC(C(O)C2CC(O[Si](C)(C)C(C)(C)C)CN2C(=O)OC(C)(C)C)C1. The molecule has 2 rings (SSSR count). The number of likely N-dealkylation sites (tertiary alicyclic amines) is 2. The van der Waals surface area contributed by atoms with Gasteiger partial charge in [0.05, 0.1) is 18.2 Å². The summed E-state index contributed by atoms with van der Waals surface area (Å²) >= 11 is 0. The number of rotatable bonds is 4. The maximum Gasteiger partial charge on any atom is 0.410 e. The van der Waals surface area contributed by atoms with Gasteiger partial charge in [0.1, 0.15) is 11.2 Å². The first-order valence-corrected chi connectivity index (χ1v) is 15.4. The van der Waals surface area contributed by atoms with Gasteiger partial charge in [0, 0.05) is 25.6 Å². The normalized spacial score (nSPS) is 25.5. The van der Waals surface area contributed by atoms with Crippen molar-refractivity contribution >= 4 is 20.5 Å². The van der Waals surface area contributed by atoms with Crippen LogP contribution in [0.5, 0.6) is 0 Å². The lowest BCUT2D eigenvalue weighted by atomic mass is 9.93. The first kappa shape index (κ1) is 28.9. The third-order valence-electron chi connectivity index (χ3n) is 6.95. The van der Waals surface area contributed by atoms with Crippen LogP contribution in [0.25, 0.3) is 0 Å². The number of aliphatic hydroxyl groups excluding tert-OH is 1. The van der Waals surface area contributed by atoms with Crippen LogP contribution in [0.4, 0.5) is 9.59 Å². The lowest BCUT2D eigenvalue weighted by Gasteiger charge is -2.38. The van der Waals surface area contributed by atoms with Crippen LogP contribution in [-0.4, -0.2) is 84.5 Å². The molecule has 0 aromatic rings. The maximum absolute atomic E-state index is 13.1. The van der Waals surface area contributed by atoms with Crippen molar-refractivity contribution < 1.29 is 28.6 Å². The van der Waals surface area contributed by atoms with E-state index in [2.05, 4.69) is 33.9 Å². The highest BCUT2D eigenvalue weighted by Gasteiger charge is 2.48. The smallest absolute Gasteiger partial charge is 0.410 e. The lowest BCUT2D eigenvalue weighted by molar-refractivity contribution is -0.00800. The molecule has 0 aliphatic carbocycles. The number of carbonyl (C=O) groups excluding carboxylic acids is 2. The maximum atomic E-state index is 13.1. The minimum Gasteiger partial charge on any atom is -0.444 e. The number of ether oxygens (including phenoxy) is 2. The second-order valence-corrected chi connectivity index (χ2v) is 18.2. The van der Waals surface area contributed by atoms with Gasteiger partial charge in [-0.15, -0.1) is 0 Å². The zero-order valence-corrected chi connectivity index (χ0v) is 24.2. The predicted octanol–water partition coefficient (Wildman–Crippen LogP) is 5.00. The Morgan fingerprint density at radius 2 is 1.44 bits per heavy atom. The third-order valence-corrected chi connectivity index (χ3v) is 11.5. The summed E-state index contributed by atoms with van der Waals surface area (Å²) in [4.78, 5) is 28.9. The zero-order chi connectivity index (χ0) is 26.3. The van der Waals surface area contributed by atoms with E-state index in [1.54, 1.807) is 9.80 Å². The molecule has 0 aromatic heterocycles. The predicted molar refractivity (Wildman–Crippen MR) is 135 cm³/mol. The summed E-state index contributed by atoms with van der Waals surface area (Å²) in [7, 11) is -2.06. The van der Waals surface area contributed by atoms with E-state index in [1.807, 2.05) is 41.5 Å². The van der Waals surface area contributed by atoms with Crippen LogP contribution >= 0.6 is 0 Å². The average molecular weight is 501 g/mol. The van der Waals surface area contributed by atoms with Crippen molar-refractivity contribution in [2.75, 3.05) is 19.6 Å². The summed E-state index contributed by atoms with van der Waals surface area (Å²) in [5.74, 6) is -0.144. The second-order valence-electron chi connectivity index (χ2n) is 13.4. The molecule has 0 aromatic carbocycles. The van der Waals surface area contributed by atoms with Gasteiger partial charge in [-0.1, -0.05) is 20.8 Å². The summed E-state index contributed by atoms with van der Waals surface area (Å²) < 4.78 is 17.8. The van der Waals surface area contributed by atoms with Gasteiger partial charge in [-0.2, -0.15) is 0 Å². The largest absolute Gasteiger partial charge is 0.444 e. The van der Waals surface area contributed by atoms with E-state index in [-0.39, 0.29) is 23.2 Å². The Morgan fingerprint density at radius 1 is 0.912 bits per heavy atom. The van der Waals surface area contributed by atoms with Crippen molar-refractivity contribution in [3.05, 3.63) is 0 Å². The second kappa shape index (κ2) is 9.97. The number of carbonyl (C=O) groups is 2. The molecule has 9 heteroatoms. The highest BCUT2D eigenvalue weighted by atomic mass is 28.4. The topological polar surface area (TPSA) is 88.5 Å². The molecule has 2 fully saturated rings. The van der Waals surface area contributed by atoms with E-state index in [0.29, 0.717) is 32.5 Å². The van der Waals surface area contributed by atoms with Crippen molar-refractivity contribution in [1.29, 1.82) is 0 Å². The third kappa shape index (κ3) is 7.59. The Bertz CT molecular complexity index is 737. The Kier molecular flexibility index (Phi) is 8.48. The Hall–Kier alpha value is -1.32. The van der Waals surface area contributed by atoms with Gasteiger partial charge in [0.2, 0.25) is 0 Å². The van der Waals surface area contributed by atoms with E-state index in [0.717, 1.165) is 0 Å². The summed E-state index contributed by atoms with van der Waals surface area (Å²) in [5, 5.41) is 11.4. The Morgan fingerprint density at radius 3 is 1.94 bits per heavy atom. The molecule has 1 N–H and O–H groups in total. The van der Waals surface area contributed by atoms with Crippen LogP contribution < -0.4 is 0 Å². The number of amides is 2. The van der Waals surface area contributed by atoms with Gasteiger partial charge in [0.25, 0.3) is 0 Å². The molecule has 8 nitrogen and oxygen atoms in total. The number of hydrogen-bond donors (Lipinski definition) is 1. The first-order valence-electron chi connectivity index (χ1n) is 12.5. The van der Waals surface area contributed by atoms with Crippen LogP contribution in [0.3, 0.4) is 0 Å². The minimum atomic E-state index is -2.06. The van der Waals surface area contributed by atoms with Crippen molar-refractivity contribution in [1.82, 2.24) is 9.80 Å². The molecule has 0 bridgehead atoms. The molecule has 4 atom stereocenters. The van der Waals surface area contributed by atoms with E-state index >= 15 is 0 Å². The van der Waals surface area contributed by atoms with Gasteiger partial charge in [0.15, 0.2) is 8.32 Å². The molecule has 2 aliphatic heterocycles. The standard InChI is InChI=1S/C25H48N2O6Si/c1-23(2,3)31-21(29)26-13-12-17(15-26)20(28)19-14-18(33-34(10,11)25(7,8)9)16-27(19)22(30)32-24(4,5)6/h17-20,28H,12-16H2,1-11H3. The van der Waals surface area contributed by atoms with Gasteiger partial charge in [-0.3, -0.25) is 4.90 Å². The van der Waals surface area contributed by atoms with E-state index in [4.69, 9.17) is 13.9 Å². The first-order chi connectivity index (χ1) is 15.2. The number of nitrogens with zero attached hydrogens (tertiary/aromatic N) is 2. The Balaban J connectivity index is 2.16. The summed E-state index contributed by atoms with van der Waals surface area (Å²) in [6.07, 6.45) is -0.524. The summed E-state index contributed by atoms with van der Waals surface area (Å²) in [5.41, 5.74) is -1.20. The van der Waals surface area contributed by atoms with E-state index in [1.165, 1.54) is 0 Å². The van der Waals surface area contributed by atoms with Crippen molar-refractivity contribution in [2.24, 2.45) is 5.92 Å². The van der Waals surface area contributed by atoms with Gasteiger partial charge >= 0.3 is 12.2 Å². The van der Waals surface area contributed by atoms with Crippen LogP contribution in [0.2, 0.25) is 18.1 Å². The Labute approximate surface area is 207 Å². The number of hydrogen-bond acceptors (Lipinski definition) is 6. The molecule has 2 saturated heterocycles. The fraction of sp³-hybridized carbons (Fsp3) is 0.920. The van der Waals surface area contributed by atoms with Crippen LogP contribution in [0, 0.1) is 5.92 Å².